The van der Waals surface area contributed by atoms with E-state index in [2.05, 4.69) is 27.8 Å². The van der Waals surface area contributed by atoms with Crippen LogP contribution in [-0.2, 0) is 4.79 Å². The molecule has 0 bridgehead atoms. The molecule has 2 atom stereocenters. The summed E-state index contributed by atoms with van der Waals surface area (Å²) in [5.41, 5.74) is 6.83. The molecule has 2 aromatic carbocycles. The molecule has 1 fully saturated rings. The number of oxazole rings is 1. The van der Waals surface area contributed by atoms with Gasteiger partial charge < -0.3 is 14.5 Å². The van der Waals surface area contributed by atoms with Gasteiger partial charge in [0, 0.05) is 29.5 Å². The van der Waals surface area contributed by atoms with Crippen molar-refractivity contribution >= 4 is 22.7 Å². The van der Waals surface area contributed by atoms with E-state index in [-0.39, 0.29) is 11.8 Å². The Bertz CT molecular complexity index is 1110. The molecule has 1 saturated heterocycles. The summed E-state index contributed by atoms with van der Waals surface area (Å²) in [4.78, 5) is 16.3. The lowest BCUT2D eigenvalue weighted by Crippen LogP contribution is -2.33. The number of rotatable bonds is 6. The first-order chi connectivity index (χ1) is 15.2. The smallest absolute Gasteiger partial charge is 0.240 e. The van der Waals surface area contributed by atoms with E-state index in [0.29, 0.717) is 30.5 Å². The van der Waals surface area contributed by atoms with E-state index in [9.17, 15) is 4.79 Å². The Morgan fingerprint density at radius 2 is 2.00 bits per heavy atom. The van der Waals surface area contributed by atoms with Gasteiger partial charge in [-0.15, -0.1) is 0 Å². The van der Waals surface area contributed by atoms with Crippen molar-refractivity contribution in [3.8, 4) is 17.2 Å². The Balaban J connectivity index is 1.34. The van der Waals surface area contributed by atoms with Crippen molar-refractivity contribution in [1.82, 2.24) is 15.7 Å². The molecular weight excluding hydrogens is 392 g/mol. The number of ether oxygens (including phenoxy) is 1. The summed E-state index contributed by atoms with van der Waals surface area (Å²) in [5, 5.41) is 7.73. The SMILES string of the molecule is CCC1CC(=O)NN=C1c1ccc2nc(-c3ccc(OC[C@@H]4CCCN4)cc3)oc2c1. The van der Waals surface area contributed by atoms with Crippen LogP contribution in [0.3, 0.4) is 0 Å². The zero-order chi connectivity index (χ0) is 21.2. The molecule has 0 radical (unpaired) electrons. The largest absolute Gasteiger partial charge is 0.492 e. The van der Waals surface area contributed by atoms with Gasteiger partial charge in [0.05, 0.1) is 5.71 Å². The molecule has 160 valence electrons. The van der Waals surface area contributed by atoms with Crippen LogP contribution in [0.2, 0.25) is 0 Å². The van der Waals surface area contributed by atoms with Crippen molar-refractivity contribution in [2.24, 2.45) is 11.0 Å². The predicted octanol–water partition coefficient (Wildman–Crippen LogP) is 3.88. The molecule has 3 aromatic rings. The van der Waals surface area contributed by atoms with E-state index < -0.39 is 0 Å². The van der Waals surface area contributed by atoms with Crippen molar-refractivity contribution in [3.63, 3.8) is 0 Å². The molecule has 2 N–H and O–H groups in total. The number of hydrogen-bond acceptors (Lipinski definition) is 6. The lowest BCUT2D eigenvalue weighted by Gasteiger charge is -2.21. The summed E-state index contributed by atoms with van der Waals surface area (Å²) in [7, 11) is 0. The summed E-state index contributed by atoms with van der Waals surface area (Å²) in [5.74, 6) is 1.49. The van der Waals surface area contributed by atoms with Crippen molar-refractivity contribution in [2.75, 3.05) is 13.2 Å². The van der Waals surface area contributed by atoms with Crippen molar-refractivity contribution < 1.29 is 13.9 Å². The number of hydrogen-bond donors (Lipinski definition) is 2. The van der Waals surface area contributed by atoms with Gasteiger partial charge in [-0.1, -0.05) is 13.0 Å². The van der Waals surface area contributed by atoms with Crippen LogP contribution in [0.4, 0.5) is 0 Å². The maximum absolute atomic E-state index is 11.7. The second kappa shape index (κ2) is 8.51. The number of hydrazone groups is 1. The molecule has 0 spiro atoms. The molecule has 31 heavy (non-hydrogen) atoms. The lowest BCUT2D eigenvalue weighted by atomic mass is 9.90. The normalized spacial score (nSPS) is 21.2. The van der Waals surface area contributed by atoms with Gasteiger partial charge in [-0.25, -0.2) is 10.4 Å². The van der Waals surface area contributed by atoms with Gasteiger partial charge in [0.25, 0.3) is 0 Å². The third-order valence-electron chi connectivity index (χ3n) is 6.01. The molecular formula is C24H26N4O3. The van der Waals surface area contributed by atoms with Crippen LogP contribution < -0.4 is 15.5 Å². The van der Waals surface area contributed by atoms with Gasteiger partial charge in [0.15, 0.2) is 5.58 Å². The van der Waals surface area contributed by atoms with E-state index in [1.165, 1.54) is 12.8 Å². The van der Waals surface area contributed by atoms with Crippen LogP contribution in [0.25, 0.3) is 22.6 Å². The van der Waals surface area contributed by atoms with E-state index in [1.807, 2.05) is 42.5 Å². The number of fused-ring (bicyclic) bond motifs is 1. The summed E-state index contributed by atoms with van der Waals surface area (Å²) in [6, 6.07) is 14.2. The monoisotopic (exact) mass is 418 g/mol. The molecule has 3 heterocycles. The highest BCUT2D eigenvalue weighted by Crippen LogP contribution is 2.28. The Morgan fingerprint density at radius 1 is 1.16 bits per heavy atom. The first-order valence-electron chi connectivity index (χ1n) is 10.9. The zero-order valence-electron chi connectivity index (χ0n) is 17.6. The quantitative estimate of drug-likeness (QED) is 0.634. The fourth-order valence-corrected chi connectivity index (χ4v) is 4.21. The number of carbonyl (C=O) groups excluding carboxylic acids is 1. The van der Waals surface area contributed by atoms with Crippen molar-refractivity contribution in [3.05, 3.63) is 48.0 Å². The molecule has 0 aliphatic carbocycles. The average molecular weight is 418 g/mol. The minimum atomic E-state index is -0.0365. The lowest BCUT2D eigenvalue weighted by molar-refractivity contribution is -0.122. The number of nitrogens with zero attached hydrogens (tertiary/aromatic N) is 2. The number of benzene rings is 2. The Morgan fingerprint density at radius 3 is 2.77 bits per heavy atom. The number of amides is 1. The van der Waals surface area contributed by atoms with Gasteiger partial charge in [-0.2, -0.15) is 5.10 Å². The third-order valence-corrected chi connectivity index (χ3v) is 6.01. The van der Waals surface area contributed by atoms with E-state index in [1.54, 1.807) is 0 Å². The minimum Gasteiger partial charge on any atom is -0.492 e. The zero-order valence-corrected chi connectivity index (χ0v) is 17.6. The molecule has 7 nitrogen and oxygen atoms in total. The van der Waals surface area contributed by atoms with Crippen LogP contribution in [0, 0.1) is 5.92 Å². The topological polar surface area (TPSA) is 88.8 Å². The van der Waals surface area contributed by atoms with Gasteiger partial charge in [-0.05, 0) is 62.2 Å². The molecule has 1 aromatic heterocycles. The average Bonchev–Trinajstić information content (AvgIpc) is 3.47. The fourth-order valence-electron chi connectivity index (χ4n) is 4.21. The first-order valence-corrected chi connectivity index (χ1v) is 10.9. The summed E-state index contributed by atoms with van der Waals surface area (Å²) in [6.07, 6.45) is 3.70. The van der Waals surface area contributed by atoms with E-state index >= 15 is 0 Å². The fraction of sp³-hybridized carbons (Fsp3) is 0.375. The van der Waals surface area contributed by atoms with Crippen LogP contribution in [0.15, 0.2) is 52.0 Å². The second-order valence-corrected chi connectivity index (χ2v) is 8.17. The van der Waals surface area contributed by atoms with Gasteiger partial charge in [0.1, 0.15) is 17.9 Å². The molecule has 7 heteroatoms. The van der Waals surface area contributed by atoms with Gasteiger partial charge in [0.2, 0.25) is 11.8 Å². The van der Waals surface area contributed by atoms with Crippen LogP contribution in [0.1, 0.15) is 38.2 Å². The Kier molecular flexibility index (Phi) is 5.42. The number of carbonyl (C=O) groups is 1. The highest BCUT2D eigenvalue weighted by atomic mass is 16.5. The van der Waals surface area contributed by atoms with Crippen LogP contribution in [0.5, 0.6) is 5.75 Å². The highest BCUT2D eigenvalue weighted by molar-refractivity contribution is 6.07. The summed E-state index contributed by atoms with van der Waals surface area (Å²) >= 11 is 0. The predicted molar refractivity (Wildman–Crippen MR) is 119 cm³/mol. The molecule has 1 amide bonds. The maximum atomic E-state index is 11.7. The second-order valence-electron chi connectivity index (χ2n) is 8.17. The Hall–Kier alpha value is -3.19. The first kappa shape index (κ1) is 19.8. The summed E-state index contributed by atoms with van der Waals surface area (Å²) < 4.78 is 11.9. The van der Waals surface area contributed by atoms with E-state index in [0.717, 1.165) is 41.1 Å². The van der Waals surface area contributed by atoms with Crippen LogP contribution in [-0.4, -0.2) is 35.8 Å². The molecule has 2 aliphatic heterocycles. The van der Waals surface area contributed by atoms with Crippen molar-refractivity contribution in [1.29, 1.82) is 0 Å². The maximum Gasteiger partial charge on any atom is 0.240 e. The molecule has 5 rings (SSSR count). The Labute approximate surface area is 180 Å². The van der Waals surface area contributed by atoms with Crippen molar-refractivity contribution in [2.45, 2.75) is 38.6 Å². The standard InChI is InChI=1S/C24H26N4O3/c1-2-15-13-22(29)27-28-23(15)17-7-10-20-21(12-17)31-24(26-20)16-5-8-19(9-6-16)30-14-18-4-3-11-25-18/h5-10,12,15,18,25H,2-4,11,13-14H2,1H3,(H,27,29)/t15?,18-/m0/s1. The van der Waals surface area contributed by atoms with Gasteiger partial charge >= 0.3 is 0 Å². The molecule has 2 aliphatic rings. The number of nitrogens with one attached hydrogen (secondary N) is 2. The molecule has 0 saturated carbocycles. The summed E-state index contributed by atoms with van der Waals surface area (Å²) in [6.45, 7) is 3.84. The molecule has 1 unspecified atom stereocenters. The van der Waals surface area contributed by atoms with Gasteiger partial charge in [-0.3, -0.25) is 4.79 Å². The van der Waals surface area contributed by atoms with E-state index in [4.69, 9.17) is 9.15 Å². The third kappa shape index (κ3) is 4.18. The minimum absolute atomic E-state index is 0.0365. The van der Waals surface area contributed by atoms with Crippen LogP contribution >= 0.6 is 0 Å². The highest BCUT2D eigenvalue weighted by Gasteiger charge is 2.24. The number of aromatic nitrogens is 1.